The van der Waals surface area contributed by atoms with E-state index in [2.05, 4.69) is 75.4 Å². The van der Waals surface area contributed by atoms with Gasteiger partial charge < -0.3 is 0 Å². The van der Waals surface area contributed by atoms with Crippen LogP contribution in [0.25, 0.3) is 21.5 Å². The molecule has 3 rings (SSSR count). The number of rotatable bonds is 3. The molecular formula is C19H21P. The van der Waals surface area contributed by atoms with E-state index in [1.807, 2.05) is 0 Å². The molecule has 1 unspecified atom stereocenters. The van der Waals surface area contributed by atoms with Gasteiger partial charge in [-0.2, -0.15) is 0 Å². The molecule has 0 aliphatic heterocycles. The van der Waals surface area contributed by atoms with E-state index in [1.54, 1.807) is 0 Å². The van der Waals surface area contributed by atoms with Crippen LogP contribution < -0.4 is 5.30 Å². The molecule has 3 aromatic rings. The molecule has 20 heavy (non-hydrogen) atoms. The van der Waals surface area contributed by atoms with Crippen molar-refractivity contribution in [3.63, 3.8) is 0 Å². The summed E-state index contributed by atoms with van der Waals surface area (Å²) in [6.07, 6.45) is 1.21. The van der Waals surface area contributed by atoms with Gasteiger partial charge in [0.2, 0.25) is 0 Å². The molecule has 0 aliphatic rings. The molecule has 0 aliphatic carbocycles. The van der Waals surface area contributed by atoms with Crippen molar-refractivity contribution in [3.8, 4) is 0 Å². The first-order valence-electron chi connectivity index (χ1n) is 7.29. The molecule has 1 heteroatoms. The Morgan fingerprint density at radius 1 is 0.850 bits per heavy atom. The minimum atomic E-state index is 0.368. The third-order valence-corrected chi connectivity index (χ3v) is 5.94. The zero-order valence-corrected chi connectivity index (χ0v) is 13.4. The molecule has 102 valence electrons. The lowest BCUT2D eigenvalue weighted by Gasteiger charge is -2.25. The summed E-state index contributed by atoms with van der Waals surface area (Å²) in [5.41, 5.74) is 0. The van der Waals surface area contributed by atoms with Crippen LogP contribution in [0.5, 0.6) is 0 Å². The van der Waals surface area contributed by atoms with Gasteiger partial charge in [0, 0.05) is 0 Å². The Bertz CT molecular complexity index is 702. The highest BCUT2D eigenvalue weighted by Gasteiger charge is 2.19. The quantitative estimate of drug-likeness (QED) is 0.440. The molecule has 0 radical (unpaired) electrons. The third kappa shape index (κ3) is 2.45. The molecule has 0 nitrogen and oxygen atoms in total. The van der Waals surface area contributed by atoms with E-state index in [1.165, 1.54) is 33.3 Å². The van der Waals surface area contributed by atoms with E-state index < -0.39 is 0 Å². The van der Waals surface area contributed by atoms with Gasteiger partial charge in [0.25, 0.3) is 0 Å². The van der Waals surface area contributed by atoms with Crippen LogP contribution in [0.4, 0.5) is 0 Å². The monoisotopic (exact) mass is 280 g/mol. The van der Waals surface area contributed by atoms with Crippen molar-refractivity contribution in [3.05, 3.63) is 54.6 Å². The fourth-order valence-electron chi connectivity index (χ4n) is 2.58. The molecule has 3 aromatic carbocycles. The van der Waals surface area contributed by atoms with Crippen molar-refractivity contribution in [1.82, 2.24) is 0 Å². The molecule has 0 amide bonds. The van der Waals surface area contributed by atoms with Crippen LogP contribution in [0.15, 0.2) is 54.6 Å². The van der Waals surface area contributed by atoms with E-state index >= 15 is 0 Å². The molecule has 0 spiro atoms. The summed E-state index contributed by atoms with van der Waals surface area (Å²) >= 11 is 0. The standard InChI is InChI=1S/C19H21P/c1-4-19(2,3)20-18-16-11-7-5-9-14(16)13-15-10-6-8-12-17(15)18/h5-13,20H,4H2,1-3H3. The van der Waals surface area contributed by atoms with Gasteiger partial charge in [0.1, 0.15) is 0 Å². The van der Waals surface area contributed by atoms with Crippen molar-refractivity contribution >= 4 is 35.4 Å². The van der Waals surface area contributed by atoms with Gasteiger partial charge in [-0.1, -0.05) is 77.9 Å². The molecule has 0 fully saturated rings. The van der Waals surface area contributed by atoms with E-state index in [-0.39, 0.29) is 0 Å². The molecule has 0 saturated carbocycles. The van der Waals surface area contributed by atoms with Gasteiger partial charge in [-0.05, 0) is 44.5 Å². The largest absolute Gasteiger partial charge is 0.0832 e. The van der Waals surface area contributed by atoms with Crippen LogP contribution in [-0.4, -0.2) is 5.16 Å². The molecule has 1 atom stereocenters. The Balaban J connectivity index is 2.33. The highest BCUT2D eigenvalue weighted by molar-refractivity contribution is 7.50. The third-order valence-electron chi connectivity index (χ3n) is 4.12. The Labute approximate surface area is 123 Å². The lowest BCUT2D eigenvalue weighted by molar-refractivity contribution is 0.681. The average molecular weight is 280 g/mol. The number of hydrogen-bond donors (Lipinski definition) is 0. The fraction of sp³-hybridized carbons (Fsp3) is 0.263. The number of hydrogen-bond acceptors (Lipinski definition) is 0. The second-order valence-corrected chi connectivity index (χ2v) is 8.16. The predicted octanol–water partition coefficient (Wildman–Crippen LogP) is 5.49. The van der Waals surface area contributed by atoms with E-state index in [9.17, 15) is 0 Å². The Morgan fingerprint density at radius 2 is 1.35 bits per heavy atom. The summed E-state index contributed by atoms with van der Waals surface area (Å²) in [6, 6.07) is 19.9. The van der Waals surface area contributed by atoms with E-state index in [0.29, 0.717) is 5.16 Å². The Hall–Kier alpha value is -1.39. The predicted molar refractivity (Wildman–Crippen MR) is 93.8 cm³/mol. The SMILES string of the molecule is CCC(C)(C)Pc1c2ccccc2cc2ccccc12. The maximum atomic E-state index is 2.38. The topological polar surface area (TPSA) is 0 Å². The van der Waals surface area contributed by atoms with E-state index in [0.717, 1.165) is 8.58 Å². The zero-order chi connectivity index (χ0) is 14.2. The van der Waals surface area contributed by atoms with Gasteiger partial charge in [-0.25, -0.2) is 0 Å². The Kier molecular flexibility index (Phi) is 3.52. The van der Waals surface area contributed by atoms with Crippen molar-refractivity contribution in [2.45, 2.75) is 32.3 Å². The van der Waals surface area contributed by atoms with Gasteiger partial charge in [-0.3, -0.25) is 0 Å². The minimum Gasteiger partial charge on any atom is -0.0832 e. The first-order chi connectivity index (χ1) is 9.61. The van der Waals surface area contributed by atoms with Crippen LogP contribution in [0.1, 0.15) is 27.2 Å². The maximum Gasteiger partial charge on any atom is -0.0103 e. The molecule has 0 bridgehead atoms. The van der Waals surface area contributed by atoms with Gasteiger partial charge in [0.15, 0.2) is 0 Å². The summed E-state index contributed by atoms with van der Waals surface area (Å²) in [5, 5.41) is 7.47. The van der Waals surface area contributed by atoms with Crippen LogP contribution in [0.2, 0.25) is 0 Å². The van der Waals surface area contributed by atoms with Crippen LogP contribution in [0.3, 0.4) is 0 Å². The van der Waals surface area contributed by atoms with Crippen LogP contribution in [0, 0.1) is 0 Å². The molecule has 0 heterocycles. The molecular weight excluding hydrogens is 259 g/mol. The Morgan fingerprint density at radius 3 is 1.85 bits per heavy atom. The summed E-state index contributed by atoms with van der Waals surface area (Å²) in [6.45, 7) is 7.05. The van der Waals surface area contributed by atoms with E-state index in [4.69, 9.17) is 0 Å². The highest BCUT2D eigenvalue weighted by Crippen LogP contribution is 2.38. The van der Waals surface area contributed by atoms with Crippen LogP contribution >= 0.6 is 8.58 Å². The van der Waals surface area contributed by atoms with Gasteiger partial charge >= 0.3 is 0 Å². The van der Waals surface area contributed by atoms with Crippen molar-refractivity contribution in [2.24, 2.45) is 0 Å². The second kappa shape index (κ2) is 5.19. The average Bonchev–Trinajstić information content (AvgIpc) is 2.47. The van der Waals surface area contributed by atoms with Crippen molar-refractivity contribution < 1.29 is 0 Å². The number of benzene rings is 3. The smallest absolute Gasteiger partial charge is 0.0103 e. The molecule has 0 aromatic heterocycles. The fourth-order valence-corrected chi connectivity index (χ4v) is 4.15. The van der Waals surface area contributed by atoms with Crippen LogP contribution in [-0.2, 0) is 0 Å². The zero-order valence-electron chi connectivity index (χ0n) is 12.4. The van der Waals surface area contributed by atoms with Crippen molar-refractivity contribution in [1.29, 1.82) is 0 Å². The summed E-state index contributed by atoms with van der Waals surface area (Å²) in [7, 11) is 0.839. The maximum absolute atomic E-state index is 2.38. The molecule has 0 N–H and O–H groups in total. The summed E-state index contributed by atoms with van der Waals surface area (Å²) < 4.78 is 0. The minimum absolute atomic E-state index is 0.368. The molecule has 0 saturated heterocycles. The van der Waals surface area contributed by atoms with Gasteiger partial charge in [-0.15, -0.1) is 0 Å². The highest BCUT2D eigenvalue weighted by atomic mass is 31.1. The lowest BCUT2D eigenvalue weighted by Crippen LogP contribution is -2.16. The summed E-state index contributed by atoms with van der Waals surface area (Å²) in [5.74, 6) is 0. The lowest BCUT2D eigenvalue weighted by atomic mass is 10.0. The van der Waals surface area contributed by atoms with Gasteiger partial charge in [0.05, 0.1) is 0 Å². The van der Waals surface area contributed by atoms with Crippen molar-refractivity contribution in [2.75, 3.05) is 0 Å². The summed E-state index contributed by atoms with van der Waals surface area (Å²) in [4.78, 5) is 0. The normalized spacial score (nSPS) is 12.8. The number of fused-ring (bicyclic) bond motifs is 2. The first kappa shape index (κ1) is 13.6. The first-order valence-corrected chi connectivity index (χ1v) is 8.29. The second-order valence-electron chi connectivity index (χ2n) is 6.06.